The lowest BCUT2D eigenvalue weighted by atomic mass is 9.86. The van der Waals surface area contributed by atoms with Crippen LogP contribution in [0.3, 0.4) is 0 Å². The van der Waals surface area contributed by atoms with Crippen molar-refractivity contribution in [3.8, 4) is 28.3 Å². The zero-order valence-corrected chi connectivity index (χ0v) is 20.7. The fourth-order valence-corrected chi connectivity index (χ4v) is 5.86. The van der Waals surface area contributed by atoms with E-state index in [9.17, 15) is 4.79 Å². The van der Waals surface area contributed by atoms with E-state index in [1.54, 1.807) is 0 Å². The molecule has 1 aliphatic heterocycles. The molecule has 37 heavy (non-hydrogen) atoms. The molecule has 4 aromatic rings. The summed E-state index contributed by atoms with van der Waals surface area (Å²) in [7, 11) is 0. The zero-order chi connectivity index (χ0) is 25.2. The van der Waals surface area contributed by atoms with Crippen LogP contribution in [0, 0.1) is 0 Å². The molecule has 1 aromatic heterocycles. The number of fused-ring (bicyclic) bond motifs is 1. The molecular weight excluding hydrogens is 464 g/mol. The minimum atomic E-state index is -0.957. The van der Waals surface area contributed by atoms with Crippen LogP contribution in [0.1, 0.15) is 42.3 Å². The van der Waals surface area contributed by atoms with E-state index >= 15 is 0 Å². The Bertz CT molecular complexity index is 1330. The average molecular weight is 495 g/mol. The van der Waals surface area contributed by atoms with Crippen molar-refractivity contribution in [1.29, 1.82) is 0 Å². The minimum absolute atomic E-state index is 0.137. The van der Waals surface area contributed by atoms with Crippen LogP contribution in [-0.2, 0) is 17.6 Å². The van der Waals surface area contributed by atoms with Crippen molar-refractivity contribution in [1.82, 2.24) is 9.88 Å². The first-order valence-electron chi connectivity index (χ1n) is 13.0. The Balaban J connectivity index is 1.29. The molecule has 2 aliphatic rings. The standard InChI is InChI=1S/C31H30N2O4/c34-28(35)20-36-27-15-7-13-23-19-24(16-17-25(23)27)33-18-8-14-26(33)31-32-29(21-9-3-1-4-10-21)30(37-31)22-11-5-2-6-12-22/h1-7,9-13,15,24,26H,8,14,16-20H2,(H,34,35). The molecule has 6 nitrogen and oxygen atoms in total. The lowest BCUT2D eigenvalue weighted by molar-refractivity contribution is -0.139. The molecule has 1 N–H and O–H groups in total. The van der Waals surface area contributed by atoms with Crippen LogP contribution in [0.2, 0.25) is 0 Å². The SMILES string of the molecule is O=C(O)COc1cccc2c1CCC(N1CCCC1c1nc(-c3ccccc3)c(-c3ccccc3)o1)C2. The third kappa shape index (κ3) is 4.77. The van der Waals surface area contributed by atoms with Crippen molar-refractivity contribution in [3.63, 3.8) is 0 Å². The van der Waals surface area contributed by atoms with E-state index < -0.39 is 5.97 Å². The van der Waals surface area contributed by atoms with Crippen LogP contribution >= 0.6 is 0 Å². The van der Waals surface area contributed by atoms with Crippen molar-refractivity contribution in [2.75, 3.05) is 13.2 Å². The molecule has 6 heteroatoms. The van der Waals surface area contributed by atoms with Crippen molar-refractivity contribution in [3.05, 3.63) is 95.9 Å². The van der Waals surface area contributed by atoms with Gasteiger partial charge in [0.25, 0.3) is 0 Å². The number of carboxylic acids is 1. The minimum Gasteiger partial charge on any atom is -0.482 e. The van der Waals surface area contributed by atoms with Gasteiger partial charge in [0.2, 0.25) is 5.89 Å². The van der Waals surface area contributed by atoms with Gasteiger partial charge in [-0.25, -0.2) is 9.78 Å². The van der Waals surface area contributed by atoms with Crippen LogP contribution in [0.15, 0.2) is 83.3 Å². The van der Waals surface area contributed by atoms with Gasteiger partial charge in [-0.05, 0) is 55.8 Å². The first kappa shape index (κ1) is 23.5. The van der Waals surface area contributed by atoms with Crippen LogP contribution in [0.25, 0.3) is 22.6 Å². The van der Waals surface area contributed by atoms with Crippen molar-refractivity contribution >= 4 is 5.97 Å². The number of hydrogen-bond acceptors (Lipinski definition) is 5. The summed E-state index contributed by atoms with van der Waals surface area (Å²) in [6, 6.07) is 27.0. The summed E-state index contributed by atoms with van der Waals surface area (Å²) in [6.45, 7) is 0.704. The predicted octanol–water partition coefficient (Wildman–Crippen LogP) is 6.17. The second-order valence-corrected chi connectivity index (χ2v) is 9.83. The highest BCUT2D eigenvalue weighted by Gasteiger charge is 2.37. The maximum atomic E-state index is 11.0. The summed E-state index contributed by atoms with van der Waals surface area (Å²) >= 11 is 0. The predicted molar refractivity (Wildman–Crippen MR) is 141 cm³/mol. The molecule has 2 atom stereocenters. The number of aliphatic carboxylic acids is 1. The molecule has 0 radical (unpaired) electrons. The normalized spacial score (nSPS) is 19.5. The average Bonchev–Trinajstić information content (AvgIpc) is 3.60. The van der Waals surface area contributed by atoms with Gasteiger partial charge in [0.1, 0.15) is 11.4 Å². The Labute approximate surface area is 216 Å². The Kier molecular flexibility index (Phi) is 6.49. The first-order chi connectivity index (χ1) is 18.2. The molecule has 0 bridgehead atoms. The third-order valence-electron chi connectivity index (χ3n) is 7.54. The van der Waals surface area contributed by atoms with Crippen LogP contribution in [0.4, 0.5) is 0 Å². The Morgan fingerprint density at radius 3 is 2.49 bits per heavy atom. The Morgan fingerprint density at radius 1 is 0.973 bits per heavy atom. The largest absolute Gasteiger partial charge is 0.482 e. The van der Waals surface area contributed by atoms with Gasteiger partial charge in [0.05, 0.1) is 6.04 Å². The third-order valence-corrected chi connectivity index (χ3v) is 7.54. The van der Waals surface area contributed by atoms with E-state index in [-0.39, 0.29) is 12.6 Å². The van der Waals surface area contributed by atoms with E-state index in [4.69, 9.17) is 19.2 Å². The van der Waals surface area contributed by atoms with Gasteiger partial charge in [0, 0.05) is 17.2 Å². The molecule has 0 saturated carbocycles. The van der Waals surface area contributed by atoms with Gasteiger partial charge in [-0.1, -0.05) is 72.8 Å². The monoisotopic (exact) mass is 494 g/mol. The highest BCUT2D eigenvalue weighted by Crippen LogP contribution is 2.42. The Hall–Kier alpha value is -3.90. The molecule has 1 fully saturated rings. The van der Waals surface area contributed by atoms with E-state index in [1.807, 2.05) is 48.5 Å². The number of ether oxygens (including phenoxy) is 1. The number of carboxylic acid groups (broad SMARTS) is 1. The summed E-state index contributed by atoms with van der Waals surface area (Å²) in [4.78, 5) is 18.7. The Morgan fingerprint density at radius 2 is 1.73 bits per heavy atom. The van der Waals surface area contributed by atoms with Crippen molar-refractivity contribution in [2.45, 2.75) is 44.2 Å². The quantitative estimate of drug-likeness (QED) is 0.331. The van der Waals surface area contributed by atoms with Crippen molar-refractivity contribution in [2.24, 2.45) is 0 Å². The maximum absolute atomic E-state index is 11.0. The first-order valence-corrected chi connectivity index (χ1v) is 13.0. The molecule has 188 valence electrons. The molecule has 3 aromatic carbocycles. The lowest BCUT2D eigenvalue weighted by Gasteiger charge is -2.35. The lowest BCUT2D eigenvalue weighted by Crippen LogP contribution is -2.39. The number of nitrogens with zero attached hydrogens (tertiary/aromatic N) is 2. The smallest absolute Gasteiger partial charge is 0.341 e. The van der Waals surface area contributed by atoms with E-state index in [0.29, 0.717) is 11.8 Å². The topological polar surface area (TPSA) is 75.8 Å². The fourth-order valence-electron chi connectivity index (χ4n) is 5.86. The highest BCUT2D eigenvalue weighted by atomic mass is 16.5. The van der Waals surface area contributed by atoms with Crippen LogP contribution in [0.5, 0.6) is 5.75 Å². The summed E-state index contributed by atoms with van der Waals surface area (Å²) in [5.41, 5.74) is 5.37. The summed E-state index contributed by atoms with van der Waals surface area (Å²) in [6.07, 6.45) is 4.91. The van der Waals surface area contributed by atoms with Crippen LogP contribution < -0.4 is 4.74 Å². The summed E-state index contributed by atoms with van der Waals surface area (Å²) < 4.78 is 12.2. The van der Waals surface area contributed by atoms with Gasteiger partial charge in [0.15, 0.2) is 12.4 Å². The van der Waals surface area contributed by atoms with Gasteiger partial charge in [-0.2, -0.15) is 0 Å². The summed E-state index contributed by atoms with van der Waals surface area (Å²) in [5, 5.41) is 9.02. The second-order valence-electron chi connectivity index (χ2n) is 9.83. The maximum Gasteiger partial charge on any atom is 0.341 e. The van der Waals surface area contributed by atoms with Crippen molar-refractivity contribution < 1.29 is 19.1 Å². The molecular formula is C31H30N2O4. The van der Waals surface area contributed by atoms with E-state index in [1.165, 1.54) is 5.56 Å². The molecule has 0 amide bonds. The van der Waals surface area contributed by atoms with Gasteiger partial charge in [-0.15, -0.1) is 0 Å². The van der Waals surface area contributed by atoms with Crippen LogP contribution in [-0.4, -0.2) is 40.2 Å². The molecule has 6 rings (SSSR count). The van der Waals surface area contributed by atoms with E-state index in [0.717, 1.165) is 72.7 Å². The van der Waals surface area contributed by atoms with Gasteiger partial charge in [-0.3, -0.25) is 4.90 Å². The summed E-state index contributed by atoms with van der Waals surface area (Å²) in [5.74, 6) is 1.35. The number of hydrogen-bond donors (Lipinski definition) is 1. The fraction of sp³-hybridized carbons (Fsp3) is 0.290. The number of likely N-dealkylation sites (tertiary alicyclic amines) is 1. The van der Waals surface area contributed by atoms with Gasteiger partial charge < -0.3 is 14.3 Å². The zero-order valence-electron chi connectivity index (χ0n) is 20.7. The number of oxazole rings is 1. The molecule has 2 heterocycles. The number of benzene rings is 3. The van der Waals surface area contributed by atoms with Gasteiger partial charge >= 0.3 is 5.97 Å². The highest BCUT2D eigenvalue weighted by molar-refractivity contribution is 5.76. The second kappa shape index (κ2) is 10.2. The number of aromatic nitrogens is 1. The van der Waals surface area contributed by atoms with E-state index in [2.05, 4.69) is 35.2 Å². The molecule has 2 unspecified atom stereocenters. The number of carbonyl (C=O) groups is 1. The number of rotatable bonds is 7. The molecule has 0 spiro atoms. The molecule has 1 aliphatic carbocycles. The molecule has 1 saturated heterocycles.